The minimum Gasteiger partial charge on any atom is -0.356 e. The molecule has 2 aliphatic rings. The molecule has 1 saturated carbocycles. The van der Waals surface area contributed by atoms with E-state index in [4.69, 9.17) is 0 Å². The van der Waals surface area contributed by atoms with Gasteiger partial charge >= 0.3 is 0 Å². The quantitative estimate of drug-likeness (QED) is 0.620. The fourth-order valence-corrected chi connectivity index (χ4v) is 4.45. The molecule has 32 heavy (non-hydrogen) atoms. The normalized spacial score (nSPS) is 16.8. The van der Waals surface area contributed by atoms with Crippen molar-refractivity contribution in [1.82, 2.24) is 20.0 Å². The monoisotopic (exact) mass is 436 g/mol. The fourth-order valence-electron chi connectivity index (χ4n) is 4.45. The molecule has 1 aliphatic carbocycles. The Morgan fingerprint density at radius 2 is 1.72 bits per heavy atom. The van der Waals surface area contributed by atoms with Gasteiger partial charge in [0.25, 0.3) is 0 Å². The summed E-state index contributed by atoms with van der Waals surface area (Å²) in [6.45, 7) is 5.23. The first kappa shape index (κ1) is 22.6. The maximum absolute atomic E-state index is 12.5. The van der Waals surface area contributed by atoms with Crippen LogP contribution in [0.4, 0.5) is 0 Å². The highest BCUT2D eigenvalue weighted by Gasteiger charge is 2.23. The molecule has 172 valence electrons. The van der Waals surface area contributed by atoms with Crippen LogP contribution in [0.1, 0.15) is 55.2 Å². The van der Waals surface area contributed by atoms with Crippen LogP contribution in [0.2, 0.25) is 0 Å². The van der Waals surface area contributed by atoms with E-state index in [1.165, 1.54) is 24.0 Å². The molecule has 6 heteroatoms. The van der Waals surface area contributed by atoms with Crippen molar-refractivity contribution in [3.8, 4) is 0 Å². The smallest absolute Gasteiger partial charge is 0.224 e. The topological polar surface area (TPSA) is 67.2 Å². The largest absolute Gasteiger partial charge is 0.356 e. The summed E-state index contributed by atoms with van der Waals surface area (Å²) in [5.74, 6) is 1.77. The summed E-state index contributed by atoms with van der Waals surface area (Å²) in [6.07, 6.45) is 11.4. The number of likely N-dealkylation sites (tertiary alicyclic amines) is 1. The van der Waals surface area contributed by atoms with Gasteiger partial charge in [0.05, 0.1) is 6.20 Å². The maximum Gasteiger partial charge on any atom is 0.224 e. The van der Waals surface area contributed by atoms with Crippen LogP contribution in [0.25, 0.3) is 0 Å². The molecular weight excluding hydrogens is 400 g/mol. The molecular formula is C26H36N4O2. The summed E-state index contributed by atoms with van der Waals surface area (Å²) in [7, 11) is 0. The number of hydrogen-bond donors (Lipinski definition) is 1. The Morgan fingerprint density at radius 3 is 2.38 bits per heavy atom. The highest BCUT2D eigenvalue weighted by Crippen LogP contribution is 2.27. The van der Waals surface area contributed by atoms with E-state index in [1.807, 2.05) is 28.9 Å². The number of nitrogens with one attached hydrogen (secondary N) is 1. The lowest BCUT2D eigenvalue weighted by molar-refractivity contribution is -0.132. The van der Waals surface area contributed by atoms with Gasteiger partial charge in [-0.3, -0.25) is 14.3 Å². The molecule has 2 fully saturated rings. The van der Waals surface area contributed by atoms with Crippen LogP contribution < -0.4 is 5.32 Å². The van der Waals surface area contributed by atoms with Crippen molar-refractivity contribution in [2.75, 3.05) is 19.6 Å². The van der Waals surface area contributed by atoms with Crippen molar-refractivity contribution < 1.29 is 9.59 Å². The molecule has 1 N–H and O–H groups in total. The number of aromatic nitrogens is 2. The van der Waals surface area contributed by atoms with Gasteiger partial charge in [0.1, 0.15) is 0 Å². The van der Waals surface area contributed by atoms with Crippen LogP contribution in [0.3, 0.4) is 0 Å². The second-order valence-electron chi connectivity index (χ2n) is 9.62. The van der Waals surface area contributed by atoms with Crippen molar-refractivity contribution in [1.29, 1.82) is 0 Å². The lowest BCUT2D eigenvalue weighted by atomic mass is 9.89. The van der Waals surface area contributed by atoms with Gasteiger partial charge in [-0.2, -0.15) is 5.10 Å². The van der Waals surface area contributed by atoms with Gasteiger partial charge in [-0.15, -0.1) is 0 Å². The molecule has 0 radical (unpaired) electrons. The number of nitrogens with zero attached hydrogens (tertiary/aromatic N) is 3. The standard InChI is InChI=1S/C26H36N4O2/c1-20-17-28-30(19-20)15-12-26(32)29-13-10-23(11-14-29)16-22-4-2-21(3-5-22)8-9-25(31)27-18-24-6-7-24/h2-5,17,19,23-24H,6-16,18H2,1H3,(H,27,31). The number of benzene rings is 1. The molecule has 1 aliphatic heterocycles. The van der Waals surface area contributed by atoms with Gasteiger partial charge in [-0.05, 0) is 74.0 Å². The van der Waals surface area contributed by atoms with Gasteiger partial charge in [-0.1, -0.05) is 24.3 Å². The van der Waals surface area contributed by atoms with E-state index in [2.05, 4.69) is 34.7 Å². The summed E-state index contributed by atoms with van der Waals surface area (Å²) < 4.78 is 1.85. The fraction of sp³-hybridized carbons (Fsp3) is 0.577. The number of aryl methyl sites for hydroxylation is 3. The van der Waals surface area contributed by atoms with E-state index >= 15 is 0 Å². The van der Waals surface area contributed by atoms with E-state index in [0.29, 0.717) is 25.3 Å². The van der Waals surface area contributed by atoms with E-state index < -0.39 is 0 Å². The first-order valence-electron chi connectivity index (χ1n) is 12.2. The van der Waals surface area contributed by atoms with Crippen LogP contribution in [0, 0.1) is 18.8 Å². The molecule has 2 amide bonds. The van der Waals surface area contributed by atoms with Crippen molar-refractivity contribution in [3.05, 3.63) is 53.3 Å². The Bertz CT molecular complexity index is 893. The van der Waals surface area contributed by atoms with Gasteiger partial charge in [0, 0.05) is 45.2 Å². The Kier molecular flexibility index (Phi) is 7.61. The molecule has 0 bridgehead atoms. The third kappa shape index (κ3) is 6.94. The van der Waals surface area contributed by atoms with Crippen molar-refractivity contribution >= 4 is 11.8 Å². The summed E-state index contributed by atoms with van der Waals surface area (Å²) in [6, 6.07) is 8.75. The number of hydrogen-bond acceptors (Lipinski definition) is 3. The van der Waals surface area contributed by atoms with Crippen LogP contribution in [0.5, 0.6) is 0 Å². The molecule has 2 aromatic rings. The maximum atomic E-state index is 12.5. The van der Waals surface area contributed by atoms with Gasteiger partial charge < -0.3 is 10.2 Å². The average Bonchev–Trinajstić information content (AvgIpc) is 3.55. The Balaban J connectivity index is 1.13. The second-order valence-corrected chi connectivity index (χ2v) is 9.62. The molecule has 1 aromatic carbocycles. The van der Waals surface area contributed by atoms with Crippen molar-refractivity contribution in [2.24, 2.45) is 11.8 Å². The lowest BCUT2D eigenvalue weighted by Crippen LogP contribution is -2.39. The molecule has 0 unspecified atom stereocenters. The van der Waals surface area contributed by atoms with E-state index in [-0.39, 0.29) is 11.8 Å². The molecule has 4 rings (SSSR count). The predicted molar refractivity (Wildman–Crippen MR) is 125 cm³/mol. The minimum atomic E-state index is 0.169. The Hall–Kier alpha value is -2.63. The number of piperidine rings is 1. The molecule has 0 spiro atoms. The zero-order valence-electron chi connectivity index (χ0n) is 19.3. The van der Waals surface area contributed by atoms with E-state index in [0.717, 1.165) is 56.8 Å². The van der Waals surface area contributed by atoms with Gasteiger partial charge in [-0.25, -0.2) is 0 Å². The molecule has 6 nitrogen and oxygen atoms in total. The first-order valence-corrected chi connectivity index (χ1v) is 12.2. The van der Waals surface area contributed by atoms with Crippen LogP contribution in [-0.2, 0) is 29.0 Å². The Morgan fingerprint density at radius 1 is 1.00 bits per heavy atom. The highest BCUT2D eigenvalue weighted by molar-refractivity contribution is 5.76. The average molecular weight is 437 g/mol. The molecule has 2 heterocycles. The van der Waals surface area contributed by atoms with Crippen LogP contribution >= 0.6 is 0 Å². The summed E-state index contributed by atoms with van der Waals surface area (Å²) >= 11 is 0. The van der Waals surface area contributed by atoms with Gasteiger partial charge in [0.15, 0.2) is 0 Å². The first-order chi connectivity index (χ1) is 15.5. The zero-order chi connectivity index (χ0) is 22.3. The third-order valence-corrected chi connectivity index (χ3v) is 6.76. The molecule has 0 atom stereocenters. The number of carbonyl (C=O) groups is 2. The summed E-state index contributed by atoms with van der Waals surface area (Å²) in [4.78, 5) is 26.5. The van der Waals surface area contributed by atoms with Crippen molar-refractivity contribution in [2.45, 2.75) is 64.8 Å². The van der Waals surface area contributed by atoms with Crippen LogP contribution in [0.15, 0.2) is 36.7 Å². The number of carbonyl (C=O) groups excluding carboxylic acids is 2. The van der Waals surface area contributed by atoms with Crippen LogP contribution in [-0.4, -0.2) is 46.1 Å². The minimum absolute atomic E-state index is 0.169. The van der Waals surface area contributed by atoms with Crippen molar-refractivity contribution in [3.63, 3.8) is 0 Å². The number of rotatable bonds is 10. The number of amides is 2. The Labute approximate surface area is 191 Å². The van der Waals surface area contributed by atoms with E-state index in [9.17, 15) is 9.59 Å². The lowest BCUT2D eigenvalue weighted by Gasteiger charge is -2.32. The second kappa shape index (κ2) is 10.8. The third-order valence-electron chi connectivity index (χ3n) is 6.76. The van der Waals surface area contributed by atoms with E-state index in [1.54, 1.807) is 0 Å². The molecule has 1 aromatic heterocycles. The summed E-state index contributed by atoms with van der Waals surface area (Å²) in [5, 5.41) is 7.30. The van der Waals surface area contributed by atoms with Gasteiger partial charge in [0.2, 0.25) is 11.8 Å². The molecule has 1 saturated heterocycles. The zero-order valence-corrected chi connectivity index (χ0v) is 19.3. The highest BCUT2D eigenvalue weighted by atomic mass is 16.2. The summed E-state index contributed by atoms with van der Waals surface area (Å²) in [5.41, 5.74) is 3.70. The SMILES string of the molecule is Cc1cnn(CCC(=O)N2CCC(Cc3ccc(CCC(=O)NCC4CC4)cc3)CC2)c1. The predicted octanol–water partition coefficient (Wildman–Crippen LogP) is 3.52.